The van der Waals surface area contributed by atoms with E-state index >= 15 is 0 Å². The van der Waals surface area contributed by atoms with E-state index in [2.05, 4.69) is 20.8 Å². The molecule has 1 unspecified atom stereocenters. The Balaban J connectivity index is 1.31. The Hall–Kier alpha value is -1.44. The second kappa shape index (κ2) is 16.2. The molecule has 5 aliphatic rings. The van der Waals surface area contributed by atoms with E-state index in [1.807, 2.05) is 41.5 Å². The molecule has 4 N–H and O–H groups in total. The number of hydrogen-bond donors (Lipinski definition) is 4. The summed E-state index contributed by atoms with van der Waals surface area (Å²) >= 11 is 0. The van der Waals surface area contributed by atoms with Crippen molar-refractivity contribution in [2.75, 3.05) is 0 Å². The average molecular weight is 751 g/mol. The van der Waals surface area contributed by atoms with Gasteiger partial charge in [-0.25, -0.2) is 0 Å². The van der Waals surface area contributed by atoms with Crippen molar-refractivity contribution in [1.82, 2.24) is 0 Å². The van der Waals surface area contributed by atoms with Crippen LogP contribution in [-0.2, 0) is 33.3 Å². The summed E-state index contributed by atoms with van der Waals surface area (Å²) in [5, 5.41) is 44.0. The van der Waals surface area contributed by atoms with E-state index < -0.39 is 76.8 Å². The number of Topliss-reactive ketones (excluding diaryl/α,β-unsaturated/α-hetero) is 1. The molecule has 0 saturated carbocycles. The van der Waals surface area contributed by atoms with E-state index in [9.17, 15) is 30.0 Å². The van der Waals surface area contributed by atoms with Crippen LogP contribution in [0.2, 0.25) is 0 Å². The number of hydrogen-bond acceptors (Lipinski definition) is 10. The zero-order valence-electron chi connectivity index (χ0n) is 34.0. The van der Waals surface area contributed by atoms with Crippen LogP contribution in [0.3, 0.4) is 0 Å². The lowest BCUT2D eigenvalue weighted by molar-refractivity contribution is -0.409. The Morgan fingerprint density at radius 3 is 2.17 bits per heavy atom. The summed E-state index contributed by atoms with van der Waals surface area (Å²) in [6, 6.07) is 0. The maximum Gasteiger partial charge on any atom is 0.309 e. The Morgan fingerprint density at radius 1 is 0.887 bits per heavy atom. The molecule has 4 saturated heterocycles. The van der Waals surface area contributed by atoms with Gasteiger partial charge < -0.3 is 44.1 Å². The van der Waals surface area contributed by atoms with Gasteiger partial charge >= 0.3 is 5.97 Å². The fraction of sp³-hybridized carbons (Fsp3) is 0.905. The minimum absolute atomic E-state index is 0.0137. The number of carbonyl (C=O) groups excluding carboxylic acids is 1. The Morgan fingerprint density at radius 2 is 1.57 bits per heavy atom. The standard InChI is InChI=1S/C42H70O11/c1-11-29(38(46)47)31-15-14-23(4)36(50-31)27(8)34(44)26(7)35(45)30(12-2)37-24(5)22-25(6)41(51-37)19-16-32(43)42(53-41)21-20-39(10,52-42)33-17-18-40(48,13-3)28(9)49-33/h16,19,23-34,36-37,43-44,48H,11-15,17-18,20-22H2,1-10H3,(H,46,47)/t23?,24-,25+,26-,27-,28-,29+,30-,31+,32+,33+,34+,36+,37-,39-,40+,41-,42-/m0/s1. The number of carbonyl (C=O) groups is 2. The van der Waals surface area contributed by atoms with Crippen molar-refractivity contribution in [3.63, 3.8) is 0 Å². The second-order valence-corrected chi connectivity index (χ2v) is 17.9. The zero-order chi connectivity index (χ0) is 39.3. The fourth-order valence-corrected chi connectivity index (χ4v) is 10.5. The SMILES string of the molecule is CC[C@@H](C(=O)[C@@H](C)[C@@H](O)[C@H](C)[C@@H]1O[C@@H]([C@@H](CC)C(=O)O)CCC1C)[C@H]1O[C@]2(C=C[C@@H](O)[C@]3(CC[C@@](C)([C@H]4CC[C@](O)(CC)[C@H](C)O4)O3)O2)[C@H](C)C[C@@H]1C. The highest BCUT2D eigenvalue weighted by Gasteiger charge is 2.63. The third-order valence-corrected chi connectivity index (χ3v) is 14.4. The molecule has 0 bridgehead atoms. The van der Waals surface area contributed by atoms with Crippen molar-refractivity contribution < 1.29 is 53.7 Å². The molecule has 0 radical (unpaired) electrons. The molecule has 11 heteroatoms. The summed E-state index contributed by atoms with van der Waals surface area (Å²) in [7, 11) is 0. The summed E-state index contributed by atoms with van der Waals surface area (Å²) < 4.78 is 33.5. The number of aliphatic carboxylic acids is 1. The average Bonchev–Trinajstić information content (AvgIpc) is 3.47. The summed E-state index contributed by atoms with van der Waals surface area (Å²) in [4.78, 5) is 26.4. The van der Waals surface area contributed by atoms with Crippen LogP contribution >= 0.6 is 0 Å². The van der Waals surface area contributed by atoms with Gasteiger partial charge in [-0.05, 0) is 95.6 Å². The Labute approximate surface area is 317 Å². The molecule has 5 aliphatic heterocycles. The van der Waals surface area contributed by atoms with Crippen molar-refractivity contribution in [2.45, 2.75) is 199 Å². The summed E-state index contributed by atoms with van der Waals surface area (Å²) in [5.41, 5.74) is -1.63. The normalized spacial score (nSPS) is 46.2. The smallest absolute Gasteiger partial charge is 0.309 e. The molecule has 304 valence electrons. The molecule has 53 heavy (non-hydrogen) atoms. The molecule has 0 aliphatic carbocycles. The van der Waals surface area contributed by atoms with Gasteiger partial charge in [-0.15, -0.1) is 0 Å². The highest BCUT2D eigenvalue weighted by atomic mass is 16.8. The number of aliphatic hydroxyl groups is 3. The zero-order valence-corrected chi connectivity index (χ0v) is 34.0. The molecular weight excluding hydrogens is 680 g/mol. The largest absolute Gasteiger partial charge is 0.481 e. The molecule has 18 atom stereocenters. The van der Waals surface area contributed by atoms with Crippen LogP contribution in [0, 0.1) is 41.4 Å². The van der Waals surface area contributed by atoms with Gasteiger partial charge in [0.05, 0.1) is 53.7 Å². The third kappa shape index (κ3) is 7.94. The van der Waals surface area contributed by atoms with Crippen molar-refractivity contribution in [3.8, 4) is 0 Å². The van der Waals surface area contributed by atoms with E-state index in [1.54, 1.807) is 19.1 Å². The molecule has 5 rings (SSSR count). The molecule has 11 nitrogen and oxygen atoms in total. The van der Waals surface area contributed by atoms with Gasteiger partial charge in [-0.2, -0.15) is 0 Å². The minimum atomic E-state index is -1.37. The van der Waals surface area contributed by atoms with E-state index in [1.165, 1.54) is 0 Å². The molecule has 0 amide bonds. The third-order valence-electron chi connectivity index (χ3n) is 14.4. The lowest BCUT2D eigenvalue weighted by Crippen LogP contribution is -2.63. The highest BCUT2D eigenvalue weighted by Crippen LogP contribution is 2.54. The van der Waals surface area contributed by atoms with Crippen LogP contribution in [0.5, 0.6) is 0 Å². The summed E-state index contributed by atoms with van der Waals surface area (Å²) in [6.45, 7) is 19.6. The number of aliphatic hydroxyl groups excluding tert-OH is 2. The van der Waals surface area contributed by atoms with E-state index in [0.29, 0.717) is 57.8 Å². The predicted molar refractivity (Wildman–Crippen MR) is 199 cm³/mol. The van der Waals surface area contributed by atoms with E-state index in [-0.39, 0.29) is 41.8 Å². The Bertz CT molecular complexity index is 1320. The fourth-order valence-electron chi connectivity index (χ4n) is 10.5. The van der Waals surface area contributed by atoms with Crippen LogP contribution in [0.4, 0.5) is 0 Å². The number of carboxylic acids is 1. The lowest BCUT2D eigenvalue weighted by Gasteiger charge is -2.54. The maximum absolute atomic E-state index is 14.4. The number of rotatable bonds is 12. The molecule has 5 heterocycles. The van der Waals surface area contributed by atoms with E-state index in [4.69, 9.17) is 23.7 Å². The van der Waals surface area contributed by atoms with E-state index in [0.717, 1.165) is 6.42 Å². The molecule has 0 aromatic carbocycles. The first-order valence-corrected chi connectivity index (χ1v) is 20.7. The molecule has 4 fully saturated rings. The molecular formula is C42H70O11. The van der Waals surface area contributed by atoms with Gasteiger partial charge in [-0.3, -0.25) is 9.59 Å². The molecule has 0 aromatic rings. The summed E-state index contributed by atoms with van der Waals surface area (Å²) in [6.07, 6.45) is 5.51. The van der Waals surface area contributed by atoms with Crippen LogP contribution in [0.1, 0.15) is 133 Å². The summed E-state index contributed by atoms with van der Waals surface area (Å²) in [5.74, 6) is -5.78. The number of ether oxygens (including phenoxy) is 5. The predicted octanol–water partition coefficient (Wildman–Crippen LogP) is 6.19. The van der Waals surface area contributed by atoms with Gasteiger partial charge in [0.15, 0.2) is 5.79 Å². The van der Waals surface area contributed by atoms with Gasteiger partial charge in [0, 0.05) is 30.1 Å². The Kier molecular flexibility index (Phi) is 13.0. The first-order chi connectivity index (χ1) is 24.8. The van der Waals surface area contributed by atoms with Gasteiger partial charge in [0.1, 0.15) is 11.9 Å². The van der Waals surface area contributed by atoms with Crippen LogP contribution in [0.15, 0.2) is 12.2 Å². The first kappa shape index (κ1) is 42.7. The maximum atomic E-state index is 14.4. The number of ketones is 1. The quantitative estimate of drug-likeness (QED) is 0.169. The minimum Gasteiger partial charge on any atom is -0.481 e. The van der Waals surface area contributed by atoms with Crippen LogP contribution in [0.25, 0.3) is 0 Å². The van der Waals surface area contributed by atoms with Crippen LogP contribution in [-0.4, -0.2) is 97.7 Å². The van der Waals surface area contributed by atoms with Crippen molar-refractivity contribution >= 4 is 11.8 Å². The molecule has 0 aromatic heterocycles. The van der Waals surface area contributed by atoms with Gasteiger partial charge in [0.2, 0.25) is 5.79 Å². The number of carboxylic acid groups (broad SMARTS) is 1. The van der Waals surface area contributed by atoms with Crippen molar-refractivity contribution in [3.05, 3.63) is 12.2 Å². The van der Waals surface area contributed by atoms with Gasteiger partial charge in [-0.1, -0.05) is 55.4 Å². The van der Waals surface area contributed by atoms with Crippen molar-refractivity contribution in [1.29, 1.82) is 0 Å². The van der Waals surface area contributed by atoms with Crippen molar-refractivity contribution in [2.24, 2.45) is 41.4 Å². The monoisotopic (exact) mass is 750 g/mol. The topological polar surface area (TPSA) is 161 Å². The van der Waals surface area contributed by atoms with Crippen LogP contribution < -0.4 is 0 Å². The van der Waals surface area contributed by atoms with Gasteiger partial charge in [0.25, 0.3) is 0 Å². The molecule has 2 spiro atoms. The first-order valence-electron chi connectivity index (χ1n) is 20.7. The highest BCUT2D eigenvalue weighted by molar-refractivity contribution is 5.84. The lowest BCUT2D eigenvalue weighted by atomic mass is 9.72. The second-order valence-electron chi connectivity index (χ2n) is 17.9.